The van der Waals surface area contributed by atoms with Crippen LogP contribution in [0.15, 0.2) is 4.52 Å². The largest absolute Gasteiger partial charge is 0.339 e. The maximum absolute atomic E-state index is 5.73. The average molecular weight is 237 g/mol. The fraction of sp³-hybridized carbons (Fsp3) is 0.846. The minimum absolute atomic E-state index is 0.0839. The number of nitrogens with two attached hydrogens (primary N) is 1. The number of hydrogen-bond acceptors (Lipinski definition) is 4. The Kier molecular flexibility index (Phi) is 4.54. The summed E-state index contributed by atoms with van der Waals surface area (Å²) in [6, 6.07) is 0.0839. The molecule has 17 heavy (non-hydrogen) atoms. The standard InChI is InChI=1S/C13H23N3O/c1-10(14)9-12-15-13(16-17-12)11-7-5-3-2-4-6-8-11/h10-11H,2-9,14H2,1H3. The zero-order valence-corrected chi connectivity index (χ0v) is 10.7. The third-order valence-electron chi connectivity index (χ3n) is 3.45. The molecule has 0 aromatic carbocycles. The summed E-state index contributed by atoms with van der Waals surface area (Å²) in [5.74, 6) is 2.10. The van der Waals surface area contributed by atoms with E-state index in [0.717, 1.165) is 5.82 Å². The molecule has 4 heteroatoms. The van der Waals surface area contributed by atoms with Crippen molar-refractivity contribution in [3.63, 3.8) is 0 Å². The van der Waals surface area contributed by atoms with E-state index in [2.05, 4.69) is 10.1 Å². The van der Waals surface area contributed by atoms with Gasteiger partial charge in [-0.2, -0.15) is 4.98 Å². The molecule has 2 N–H and O–H groups in total. The van der Waals surface area contributed by atoms with E-state index in [9.17, 15) is 0 Å². The minimum Gasteiger partial charge on any atom is -0.339 e. The van der Waals surface area contributed by atoms with Gasteiger partial charge in [0.2, 0.25) is 5.89 Å². The first-order chi connectivity index (χ1) is 8.25. The lowest BCUT2D eigenvalue weighted by atomic mass is 9.91. The quantitative estimate of drug-likeness (QED) is 0.878. The predicted octanol–water partition coefficient (Wildman–Crippen LogP) is 2.79. The molecule has 1 aromatic rings. The monoisotopic (exact) mass is 237 g/mol. The molecule has 1 aromatic heterocycles. The molecule has 1 atom stereocenters. The van der Waals surface area contributed by atoms with E-state index in [1.807, 2.05) is 6.92 Å². The fourth-order valence-electron chi connectivity index (χ4n) is 2.51. The SMILES string of the molecule is CC(N)Cc1nc(C2CCCCCCC2)no1. The topological polar surface area (TPSA) is 64.9 Å². The molecule has 1 unspecified atom stereocenters. The van der Waals surface area contributed by atoms with E-state index in [-0.39, 0.29) is 6.04 Å². The third kappa shape index (κ3) is 3.80. The summed E-state index contributed by atoms with van der Waals surface area (Å²) in [4.78, 5) is 4.49. The van der Waals surface area contributed by atoms with Crippen molar-refractivity contribution in [3.05, 3.63) is 11.7 Å². The number of aromatic nitrogens is 2. The van der Waals surface area contributed by atoms with Crippen molar-refractivity contribution in [2.24, 2.45) is 5.73 Å². The van der Waals surface area contributed by atoms with Gasteiger partial charge in [-0.1, -0.05) is 37.3 Å². The Balaban J connectivity index is 1.97. The Labute approximate surface area is 103 Å². The van der Waals surface area contributed by atoms with Gasteiger partial charge in [0.15, 0.2) is 5.82 Å². The van der Waals surface area contributed by atoms with Crippen molar-refractivity contribution in [2.45, 2.75) is 70.3 Å². The third-order valence-corrected chi connectivity index (χ3v) is 3.45. The second-order valence-electron chi connectivity index (χ2n) is 5.27. The first-order valence-corrected chi connectivity index (χ1v) is 6.84. The van der Waals surface area contributed by atoms with Crippen LogP contribution >= 0.6 is 0 Å². The van der Waals surface area contributed by atoms with E-state index in [1.165, 1.54) is 44.9 Å². The summed E-state index contributed by atoms with van der Waals surface area (Å²) in [6.07, 6.45) is 9.76. The molecule has 1 fully saturated rings. The van der Waals surface area contributed by atoms with Gasteiger partial charge in [0.05, 0.1) is 0 Å². The van der Waals surface area contributed by atoms with Gasteiger partial charge in [0, 0.05) is 18.4 Å². The summed E-state index contributed by atoms with van der Waals surface area (Å²) in [5.41, 5.74) is 5.73. The highest BCUT2D eigenvalue weighted by Gasteiger charge is 2.19. The molecule has 4 nitrogen and oxygen atoms in total. The molecule has 2 rings (SSSR count). The Morgan fingerprint density at radius 2 is 1.88 bits per heavy atom. The van der Waals surface area contributed by atoms with Gasteiger partial charge in [-0.05, 0) is 19.8 Å². The molecule has 0 spiro atoms. The Bertz CT molecular complexity index is 327. The van der Waals surface area contributed by atoms with E-state index in [4.69, 9.17) is 10.3 Å². The smallest absolute Gasteiger partial charge is 0.228 e. The number of hydrogen-bond donors (Lipinski definition) is 1. The molecule has 1 aliphatic carbocycles. The van der Waals surface area contributed by atoms with Gasteiger partial charge in [0.1, 0.15) is 0 Å². The molecule has 0 saturated heterocycles. The van der Waals surface area contributed by atoms with Crippen molar-refractivity contribution in [1.82, 2.24) is 10.1 Å². The Morgan fingerprint density at radius 3 is 2.53 bits per heavy atom. The molecule has 96 valence electrons. The van der Waals surface area contributed by atoms with Crippen molar-refractivity contribution >= 4 is 0 Å². The van der Waals surface area contributed by atoms with Crippen molar-refractivity contribution in [1.29, 1.82) is 0 Å². The van der Waals surface area contributed by atoms with Gasteiger partial charge in [0.25, 0.3) is 0 Å². The van der Waals surface area contributed by atoms with E-state index in [1.54, 1.807) is 0 Å². The van der Waals surface area contributed by atoms with Crippen LogP contribution in [0, 0.1) is 0 Å². The lowest BCUT2D eigenvalue weighted by Gasteiger charge is -2.15. The minimum atomic E-state index is 0.0839. The average Bonchev–Trinajstić information content (AvgIpc) is 2.64. The van der Waals surface area contributed by atoms with Gasteiger partial charge in [-0.25, -0.2) is 0 Å². The molecule has 0 radical (unpaired) electrons. The molecular formula is C13H23N3O. The van der Waals surface area contributed by atoms with Crippen LogP contribution in [0.25, 0.3) is 0 Å². The van der Waals surface area contributed by atoms with Gasteiger partial charge in [-0.3, -0.25) is 0 Å². The fourth-order valence-corrected chi connectivity index (χ4v) is 2.51. The Hall–Kier alpha value is -0.900. The first-order valence-electron chi connectivity index (χ1n) is 6.84. The lowest BCUT2D eigenvalue weighted by molar-refractivity contribution is 0.356. The molecule has 0 amide bonds. The van der Waals surface area contributed by atoms with Gasteiger partial charge in [-0.15, -0.1) is 0 Å². The first kappa shape index (κ1) is 12.6. The summed E-state index contributed by atoms with van der Waals surface area (Å²) < 4.78 is 5.26. The van der Waals surface area contributed by atoms with Crippen LogP contribution in [-0.2, 0) is 6.42 Å². The summed E-state index contributed by atoms with van der Waals surface area (Å²) in [5, 5.41) is 4.12. The Morgan fingerprint density at radius 1 is 1.24 bits per heavy atom. The summed E-state index contributed by atoms with van der Waals surface area (Å²) in [6.45, 7) is 1.96. The second-order valence-corrected chi connectivity index (χ2v) is 5.27. The zero-order chi connectivity index (χ0) is 12.1. The van der Waals surface area contributed by atoms with Gasteiger partial charge >= 0.3 is 0 Å². The van der Waals surface area contributed by atoms with E-state index < -0.39 is 0 Å². The highest BCUT2D eigenvalue weighted by Crippen LogP contribution is 2.29. The van der Waals surface area contributed by atoms with E-state index in [0.29, 0.717) is 18.2 Å². The number of rotatable bonds is 3. The van der Waals surface area contributed by atoms with Crippen molar-refractivity contribution < 1.29 is 4.52 Å². The van der Waals surface area contributed by atoms with Crippen LogP contribution in [0.3, 0.4) is 0 Å². The van der Waals surface area contributed by atoms with Crippen molar-refractivity contribution in [2.75, 3.05) is 0 Å². The second kappa shape index (κ2) is 6.15. The van der Waals surface area contributed by atoms with Crippen LogP contribution in [0.2, 0.25) is 0 Å². The molecule has 1 saturated carbocycles. The van der Waals surface area contributed by atoms with Crippen LogP contribution in [0.1, 0.15) is 69.5 Å². The van der Waals surface area contributed by atoms with Crippen molar-refractivity contribution in [3.8, 4) is 0 Å². The highest BCUT2D eigenvalue weighted by atomic mass is 16.5. The molecule has 0 aliphatic heterocycles. The lowest BCUT2D eigenvalue weighted by Crippen LogP contribution is -2.18. The normalized spacial score (nSPS) is 20.8. The molecule has 1 heterocycles. The maximum Gasteiger partial charge on any atom is 0.228 e. The number of nitrogens with zero attached hydrogens (tertiary/aromatic N) is 2. The van der Waals surface area contributed by atoms with E-state index >= 15 is 0 Å². The van der Waals surface area contributed by atoms with Crippen LogP contribution in [-0.4, -0.2) is 16.2 Å². The highest BCUT2D eigenvalue weighted by molar-refractivity contribution is 4.96. The summed E-state index contributed by atoms with van der Waals surface area (Å²) >= 11 is 0. The van der Waals surface area contributed by atoms with Crippen LogP contribution in [0.5, 0.6) is 0 Å². The van der Waals surface area contributed by atoms with Crippen LogP contribution in [0.4, 0.5) is 0 Å². The molecule has 0 bridgehead atoms. The van der Waals surface area contributed by atoms with Crippen LogP contribution < -0.4 is 5.73 Å². The predicted molar refractivity (Wildman–Crippen MR) is 66.7 cm³/mol. The maximum atomic E-state index is 5.73. The summed E-state index contributed by atoms with van der Waals surface area (Å²) in [7, 11) is 0. The molecule has 1 aliphatic rings. The zero-order valence-electron chi connectivity index (χ0n) is 10.7. The van der Waals surface area contributed by atoms with Gasteiger partial charge < -0.3 is 10.3 Å². The molecular weight excluding hydrogens is 214 g/mol.